The molecule has 1 aromatic heterocycles. The van der Waals surface area contributed by atoms with Crippen molar-refractivity contribution in [2.75, 3.05) is 6.61 Å². The third kappa shape index (κ3) is 2.07. The second-order valence-corrected chi connectivity index (χ2v) is 4.47. The second kappa shape index (κ2) is 4.35. The first-order chi connectivity index (χ1) is 7.22. The Morgan fingerprint density at radius 1 is 1.47 bits per heavy atom. The minimum Gasteiger partial charge on any atom is -0.396 e. The zero-order valence-corrected chi connectivity index (χ0v) is 9.79. The molecule has 1 aromatic carbocycles. The van der Waals surface area contributed by atoms with E-state index in [-0.39, 0.29) is 12.6 Å². The highest BCUT2D eigenvalue weighted by atomic mass is 79.9. The second-order valence-electron chi connectivity index (χ2n) is 3.55. The monoisotopic (exact) mass is 268 g/mol. The van der Waals surface area contributed by atoms with Crippen molar-refractivity contribution in [2.45, 2.75) is 12.5 Å². The van der Waals surface area contributed by atoms with Crippen LogP contribution in [0, 0.1) is 0 Å². The van der Waals surface area contributed by atoms with Crippen LogP contribution in [0.15, 0.2) is 28.9 Å². The molecule has 1 heterocycles. The number of aromatic amines is 1. The van der Waals surface area contributed by atoms with Gasteiger partial charge in [-0.1, -0.05) is 15.9 Å². The van der Waals surface area contributed by atoms with Crippen LogP contribution in [0.25, 0.3) is 10.9 Å². The van der Waals surface area contributed by atoms with Crippen molar-refractivity contribution < 1.29 is 5.11 Å². The number of aromatic nitrogens is 1. The summed E-state index contributed by atoms with van der Waals surface area (Å²) in [6.07, 6.45) is 2.50. The van der Waals surface area contributed by atoms with Crippen LogP contribution in [0.5, 0.6) is 0 Å². The maximum atomic E-state index is 8.86. The highest BCUT2D eigenvalue weighted by Crippen LogP contribution is 2.27. The summed E-state index contributed by atoms with van der Waals surface area (Å²) in [6, 6.07) is 5.92. The van der Waals surface area contributed by atoms with Gasteiger partial charge in [0.15, 0.2) is 0 Å². The van der Waals surface area contributed by atoms with Crippen molar-refractivity contribution in [1.82, 2.24) is 4.98 Å². The number of nitrogens with two attached hydrogens (primary N) is 1. The summed E-state index contributed by atoms with van der Waals surface area (Å²) in [5, 5.41) is 9.98. The molecule has 4 N–H and O–H groups in total. The van der Waals surface area contributed by atoms with Crippen molar-refractivity contribution in [3.05, 3.63) is 34.4 Å². The summed E-state index contributed by atoms with van der Waals surface area (Å²) in [4.78, 5) is 3.17. The topological polar surface area (TPSA) is 62.0 Å². The number of hydrogen-bond acceptors (Lipinski definition) is 2. The number of aliphatic hydroxyl groups is 1. The van der Waals surface area contributed by atoms with Crippen molar-refractivity contribution in [3.63, 3.8) is 0 Å². The van der Waals surface area contributed by atoms with E-state index in [0.29, 0.717) is 6.42 Å². The average Bonchev–Trinajstić information content (AvgIpc) is 2.60. The molecule has 0 bridgehead atoms. The number of H-pyrrole nitrogens is 1. The predicted octanol–water partition coefficient (Wildman–Crippen LogP) is 2.31. The van der Waals surface area contributed by atoms with Gasteiger partial charge in [-0.25, -0.2) is 0 Å². The molecular formula is C11H13BrN2O. The van der Waals surface area contributed by atoms with Gasteiger partial charge in [-0.3, -0.25) is 0 Å². The molecule has 0 spiro atoms. The van der Waals surface area contributed by atoms with Gasteiger partial charge in [0, 0.05) is 34.2 Å². The van der Waals surface area contributed by atoms with Crippen LogP contribution in [0.1, 0.15) is 18.0 Å². The first kappa shape index (κ1) is 10.7. The lowest BCUT2D eigenvalue weighted by atomic mass is 10.0. The van der Waals surface area contributed by atoms with E-state index in [9.17, 15) is 0 Å². The van der Waals surface area contributed by atoms with Gasteiger partial charge in [0.05, 0.1) is 0 Å². The molecule has 0 amide bonds. The van der Waals surface area contributed by atoms with Gasteiger partial charge in [-0.15, -0.1) is 0 Å². The van der Waals surface area contributed by atoms with Gasteiger partial charge in [0.2, 0.25) is 0 Å². The van der Waals surface area contributed by atoms with Crippen LogP contribution in [0.3, 0.4) is 0 Å². The Hall–Kier alpha value is -0.840. The molecule has 2 rings (SSSR count). The Morgan fingerprint density at radius 3 is 3.00 bits per heavy atom. The number of rotatable bonds is 3. The number of benzene rings is 1. The summed E-state index contributed by atoms with van der Waals surface area (Å²) in [5.74, 6) is 0. The lowest BCUT2D eigenvalue weighted by Gasteiger charge is -2.08. The third-order valence-electron chi connectivity index (χ3n) is 2.52. The molecule has 0 saturated carbocycles. The van der Waals surface area contributed by atoms with Gasteiger partial charge in [0.1, 0.15) is 0 Å². The number of aliphatic hydroxyl groups excluding tert-OH is 1. The normalized spacial score (nSPS) is 13.3. The van der Waals surface area contributed by atoms with E-state index in [1.54, 1.807) is 0 Å². The Kier molecular flexibility index (Phi) is 3.09. The zero-order chi connectivity index (χ0) is 10.8. The number of nitrogens with one attached hydrogen (secondary N) is 1. The molecule has 0 aliphatic rings. The van der Waals surface area contributed by atoms with Crippen LogP contribution in [-0.2, 0) is 0 Å². The van der Waals surface area contributed by atoms with E-state index >= 15 is 0 Å². The van der Waals surface area contributed by atoms with Crippen molar-refractivity contribution in [2.24, 2.45) is 5.73 Å². The Morgan fingerprint density at radius 2 is 2.27 bits per heavy atom. The maximum absolute atomic E-state index is 8.86. The maximum Gasteiger partial charge on any atom is 0.0458 e. The van der Waals surface area contributed by atoms with Crippen LogP contribution >= 0.6 is 15.9 Å². The fourth-order valence-corrected chi connectivity index (χ4v) is 2.08. The van der Waals surface area contributed by atoms with E-state index < -0.39 is 0 Å². The molecule has 0 unspecified atom stereocenters. The smallest absolute Gasteiger partial charge is 0.0458 e. The highest BCUT2D eigenvalue weighted by Gasteiger charge is 2.11. The Bertz CT molecular complexity index is 467. The Labute approximate surface area is 96.4 Å². The number of hydrogen-bond donors (Lipinski definition) is 3. The molecule has 0 aliphatic heterocycles. The van der Waals surface area contributed by atoms with Crippen molar-refractivity contribution in [3.8, 4) is 0 Å². The average molecular weight is 269 g/mol. The van der Waals surface area contributed by atoms with E-state index in [4.69, 9.17) is 10.8 Å². The molecule has 0 saturated heterocycles. The molecule has 0 radical (unpaired) electrons. The lowest BCUT2D eigenvalue weighted by molar-refractivity contribution is 0.277. The number of halogens is 1. The van der Waals surface area contributed by atoms with E-state index in [1.807, 2.05) is 24.4 Å². The van der Waals surface area contributed by atoms with Gasteiger partial charge in [-0.2, -0.15) is 0 Å². The third-order valence-corrected chi connectivity index (χ3v) is 3.01. The Balaban J connectivity index is 2.47. The first-order valence-electron chi connectivity index (χ1n) is 4.85. The van der Waals surface area contributed by atoms with E-state index in [0.717, 1.165) is 20.9 Å². The molecule has 4 heteroatoms. The van der Waals surface area contributed by atoms with Crippen LogP contribution < -0.4 is 5.73 Å². The van der Waals surface area contributed by atoms with Gasteiger partial charge < -0.3 is 15.8 Å². The highest BCUT2D eigenvalue weighted by molar-refractivity contribution is 9.10. The summed E-state index contributed by atoms with van der Waals surface area (Å²) < 4.78 is 1.03. The minimum atomic E-state index is -0.113. The summed E-state index contributed by atoms with van der Waals surface area (Å²) in [5.41, 5.74) is 8.10. The molecule has 1 atom stereocenters. The summed E-state index contributed by atoms with van der Waals surface area (Å²) in [7, 11) is 0. The van der Waals surface area contributed by atoms with Gasteiger partial charge >= 0.3 is 0 Å². The van der Waals surface area contributed by atoms with Crippen LogP contribution in [0.2, 0.25) is 0 Å². The largest absolute Gasteiger partial charge is 0.396 e. The molecule has 80 valence electrons. The number of fused-ring (bicyclic) bond motifs is 1. The van der Waals surface area contributed by atoms with Crippen molar-refractivity contribution in [1.29, 1.82) is 0 Å². The molecule has 2 aromatic rings. The van der Waals surface area contributed by atoms with E-state index in [2.05, 4.69) is 20.9 Å². The van der Waals surface area contributed by atoms with Crippen LogP contribution in [0.4, 0.5) is 0 Å². The molecule has 3 nitrogen and oxygen atoms in total. The van der Waals surface area contributed by atoms with Crippen LogP contribution in [-0.4, -0.2) is 16.7 Å². The molecule has 0 aliphatic carbocycles. The predicted molar refractivity (Wildman–Crippen MR) is 64.6 cm³/mol. The quantitative estimate of drug-likeness (QED) is 0.800. The first-order valence-corrected chi connectivity index (χ1v) is 5.64. The standard InChI is InChI=1S/C11H13BrN2O/c12-7-1-2-11-8(5-7)9(6-14-11)10(13)3-4-15/h1-2,5-6,10,14-15H,3-4,13H2/t10-/m0/s1. The summed E-state index contributed by atoms with van der Waals surface area (Å²) in [6.45, 7) is 0.113. The fourth-order valence-electron chi connectivity index (χ4n) is 1.72. The molecule has 0 fully saturated rings. The zero-order valence-electron chi connectivity index (χ0n) is 8.20. The minimum absolute atomic E-state index is 0.113. The molecular weight excluding hydrogens is 256 g/mol. The van der Waals surface area contributed by atoms with Gasteiger partial charge in [0.25, 0.3) is 0 Å². The molecule has 15 heavy (non-hydrogen) atoms. The van der Waals surface area contributed by atoms with Gasteiger partial charge in [-0.05, 0) is 30.2 Å². The van der Waals surface area contributed by atoms with E-state index in [1.165, 1.54) is 0 Å². The summed E-state index contributed by atoms with van der Waals surface area (Å²) >= 11 is 3.44. The fraction of sp³-hybridized carbons (Fsp3) is 0.273. The SMILES string of the molecule is N[C@@H](CCO)c1c[nH]c2ccc(Br)cc12. The lowest BCUT2D eigenvalue weighted by Crippen LogP contribution is -2.11. The van der Waals surface area contributed by atoms with Crippen molar-refractivity contribution >= 4 is 26.8 Å².